The number of ether oxygens (including phenoxy) is 1. The maximum absolute atomic E-state index is 10.9. The molecular formula is C12H17N5O4. The van der Waals surface area contributed by atoms with Gasteiger partial charge in [-0.15, -0.1) is 0 Å². The van der Waals surface area contributed by atoms with Crippen LogP contribution >= 0.6 is 0 Å². The molecule has 0 saturated heterocycles. The smallest absolute Gasteiger partial charge is 0.288 e. The third kappa shape index (κ3) is 3.37. The van der Waals surface area contributed by atoms with E-state index in [1.807, 2.05) is 4.90 Å². The number of nitrogens with two attached hydrogens (primary N) is 1. The van der Waals surface area contributed by atoms with Crippen molar-refractivity contribution in [2.75, 3.05) is 25.2 Å². The van der Waals surface area contributed by atoms with Gasteiger partial charge >= 0.3 is 0 Å². The second-order valence-corrected chi connectivity index (χ2v) is 4.72. The molecule has 2 rings (SSSR count). The van der Waals surface area contributed by atoms with Gasteiger partial charge in [0.05, 0.1) is 17.1 Å². The summed E-state index contributed by atoms with van der Waals surface area (Å²) in [6.45, 7) is 1.07. The molecule has 0 spiro atoms. The Morgan fingerprint density at radius 1 is 1.71 bits per heavy atom. The zero-order valence-corrected chi connectivity index (χ0v) is 11.6. The number of aromatic nitrogens is 1. The summed E-state index contributed by atoms with van der Waals surface area (Å²) in [5.41, 5.74) is 5.67. The van der Waals surface area contributed by atoms with Crippen LogP contribution in [0.15, 0.2) is 17.4 Å². The van der Waals surface area contributed by atoms with Crippen molar-refractivity contribution in [2.24, 2.45) is 10.9 Å². The Balaban J connectivity index is 2.42. The topological polar surface area (TPSA) is 127 Å². The second-order valence-electron chi connectivity index (χ2n) is 4.72. The van der Waals surface area contributed by atoms with Gasteiger partial charge in [0.1, 0.15) is 12.0 Å². The SMILES string of the molecule is COCCN(c1ncc([N+](=O)[O-])cc1C(N)=NO)C1CC1. The number of amidine groups is 1. The van der Waals surface area contributed by atoms with Crippen LogP contribution in [0.1, 0.15) is 18.4 Å². The van der Waals surface area contributed by atoms with E-state index in [4.69, 9.17) is 15.7 Å². The quantitative estimate of drug-likeness (QED) is 0.249. The van der Waals surface area contributed by atoms with Crippen molar-refractivity contribution in [3.63, 3.8) is 0 Å². The molecule has 1 aromatic rings. The fourth-order valence-electron chi connectivity index (χ4n) is 2.05. The van der Waals surface area contributed by atoms with E-state index in [1.165, 1.54) is 12.3 Å². The molecule has 0 aliphatic heterocycles. The monoisotopic (exact) mass is 295 g/mol. The third-order valence-electron chi connectivity index (χ3n) is 3.24. The summed E-state index contributed by atoms with van der Waals surface area (Å²) in [5.74, 6) is 0.264. The highest BCUT2D eigenvalue weighted by Crippen LogP contribution is 2.33. The first-order valence-electron chi connectivity index (χ1n) is 6.46. The van der Waals surface area contributed by atoms with Crippen molar-refractivity contribution in [3.8, 4) is 0 Å². The molecule has 1 heterocycles. The van der Waals surface area contributed by atoms with Crippen molar-refractivity contribution >= 4 is 17.3 Å². The first-order chi connectivity index (χ1) is 10.1. The van der Waals surface area contributed by atoms with Crippen LogP contribution in [-0.4, -0.2) is 47.3 Å². The van der Waals surface area contributed by atoms with E-state index in [-0.39, 0.29) is 17.1 Å². The average molecular weight is 295 g/mol. The molecule has 1 aliphatic rings. The predicted molar refractivity (Wildman–Crippen MR) is 75.6 cm³/mol. The molecule has 0 aromatic carbocycles. The predicted octanol–water partition coefficient (Wildman–Crippen LogP) is 0.700. The minimum Gasteiger partial charge on any atom is -0.409 e. The lowest BCUT2D eigenvalue weighted by atomic mass is 10.2. The van der Waals surface area contributed by atoms with Crippen molar-refractivity contribution in [1.29, 1.82) is 0 Å². The zero-order valence-electron chi connectivity index (χ0n) is 11.6. The average Bonchev–Trinajstić information content (AvgIpc) is 3.31. The Bertz CT molecular complexity index is 559. The molecule has 0 atom stereocenters. The van der Waals surface area contributed by atoms with Gasteiger partial charge in [0.2, 0.25) is 0 Å². The van der Waals surface area contributed by atoms with Crippen molar-refractivity contribution in [3.05, 3.63) is 27.9 Å². The van der Waals surface area contributed by atoms with Crippen LogP contribution in [0.25, 0.3) is 0 Å². The van der Waals surface area contributed by atoms with Crippen LogP contribution < -0.4 is 10.6 Å². The molecule has 1 fully saturated rings. The normalized spacial score (nSPS) is 15.0. The highest BCUT2D eigenvalue weighted by molar-refractivity contribution is 6.02. The number of oxime groups is 1. The van der Waals surface area contributed by atoms with E-state index in [9.17, 15) is 10.1 Å². The summed E-state index contributed by atoms with van der Waals surface area (Å²) < 4.78 is 5.07. The van der Waals surface area contributed by atoms with E-state index in [0.29, 0.717) is 25.0 Å². The molecule has 3 N–H and O–H groups in total. The van der Waals surface area contributed by atoms with E-state index in [1.54, 1.807) is 7.11 Å². The van der Waals surface area contributed by atoms with Crippen LogP contribution in [-0.2, 0) is 4.74 Å². The lowest BCUT2D eigenvalue weighted by molar-refractivity contribution is -0.385. The van der Waals surface area contributed by atoms with Crippen molar-refractivity contribution < 1.29 is 14.9 Å². The van der Waals surface area contributed by atoms with Gasteiger partial charge in [-0.1, -0.05) is 5.16 Å². The number of nitro groups is 1. The number of methoxy groups -OCH3 is 1. The Kier molecular flexibility index (Phi) is 4.53. The van der Waals surface area contributed by atoms with Gasteiger partial charge in [-0.3, -0.25) is 10.1 Å². The van der Waals surface area contributed by atoms with Gasteiger partial charge in [0.25, 0.3) is 5.69 Å². The number of rotatable bonds is 7. The Labute approximate surface area is 121 Å². The summed E-state index contributed by atoms with van der Waals surface area (Å²) in [5, 5.41) is 22.7. The van der Waals surface area contributed by atoms with Gasteiger partial charge in [0.15, 0.2) is 5.84 Å². The fraction of sp³-hybridized carbons (Fsp3) is 0.500. The minimum absolute atomic E-state index is 0.204. The summed E-state index contributed by atoms with van der Waals surface area (Å²) in [7, 11) is 1.60. The lowest BCUT2D eigenvalue weighted by Crippen LogP contribution is -2.32. The minimum atomic E-state index is -0.568. The molecule has 114 valence electrons. The van der Waals surface area contributed by atoms with Crippen LogP contribution in [0.3, 0.4) is 0 Å². The zero-order chi connectivity index (χ0) is 15.4. The summed E-state index contributed by atoms with van der Waals surface area (Å²) in [4.78, 5) is 16.4. The Morgan fingerprint density at radius 3 is 2.95 bits per heavy atom. The third-order valence-corrected chi connectivity index (χ3v) is 3.24. The molecule has 0 radical (unpaired) electrons. The van der Waals surface area contributed by atoms with E-state index < -0.39 is 4.92 Å². The van der Waals surface area contributed by atoms with Gasteiger partial charge in [-0.25, -0.2) is 4.98 Å². The highest BCUT2D eigenvalue weighted by Gasteiger charge is 2.32. The summed E-state index contributed by atoms with van der Waals surface area (Å²) in [6, 6.07) is 1.57. The number of hydrogen-bond acceptors (Lipinski definition) is 7. The van der Waals surface area contributed by atoms with Gasteiger partial charge in [-0.05, 0) is 12.8 Å². The lowest BCUT2D eigenvalue weighted by Gasteiger charge is -2.25. The standard InChI is InChI=1S/C12H17N5O4/c1-21-5-4-16(8-2-3-8)12-10(11(13)15-18)6-9(7-14-12)17(19)20/h6-8,18H,2-5H2,1H3,(H2,13,15). The maximum atomic E-state index is 10.9. The van der Waals surface area contributed by atoms with Crippen LogP contribution in [0.4, 0.5) is 11.5 Å². The molecule has 0 amide bonds. The molecule has 0 bridgehead atoms. The molecule has 9 nitrogen and oxygen atoms in total. The molecule has 1 saturated carbocycles. The highest BCUT2D eigenvalue weighted by atomic mass is 16.6. The van der Waals surface area contributed by atoms with E-state index in [2.05, 4.69) is 10.1 Å². The van der Waals surface area contributed by atoms with Crippen molar-refractivity contribution in [1.82, 2.24) is 4.98 Å². The Hall–Kier alpha value is -2.42. The largest absolute Gasteiger partial charge is 0.409 e. The second kappa shape index (κ2) is 6.35. The van der Waals surface area contributed by atoms with E-state index in [0.717, 1.165) is 12.8 Å². The van der Waals surface area contributed by atoms with Crippen LogP contribution in [0, 0.1) is 10.1 Å². The van der Waals surface area contributed by atoms with Crippen molar-refractivity contribution in [2.45, 2.75) is 18.9 Å². The number of pyridine rings is 1. The summed E-state index contributed by atoms with van der Waals surface area (Å²) in [6.07, 6.45) is 3.20. The Morgan fingerprint density at radius 2 is 2.43 bits per heavy atom. The van der Waals surface area contributed by atoms with Crippen LogP contribution in [0.5, 0.6) is 0 Å². The fourth-order valence-corrected chi connectivity index (χ4v) is 2.05. The van der Waals surface area contributed by atoms with Gasteiger partial charge < -0.3 is 20.6 Å². The molecule has 0 unspecified atom stereocenters. The molecule has 21 heavy (non-hydrogen) atoms. The van der Waals surface area contributed by atoms with Gasteiger partial charge in [-0.2, -0.15) is 0 Å². The summed E-state index contributed by atoms with van der Waals surface area (Å²) >= 11 is 0. The molecular weight excluding hydrogens is 278 g/mol. The maximum Gasteiger partial charge on any atom is 0.288 e. The number of hydrogen-bond donors (Lipinski definition) is 2. The number of nitrogens with zero attached hydrogens (tertiary/aromatic N) is 4. The van der Waals surface area contributed by atoms with Gasteiger partial charge in [0, 0.05) is 25.8 Å². The number of anilines is 1. The first-order valence-corrected chi connectivity index (χ1v) is 6.46. The molecule has 1 aromatic heterocycles. The van der Waals surface area contributed by atoms with E-state index >= 15 is 0 Å². The molecule has 9 heteroatoms. The van der Waals surface area contributed by atoms with Crippen LogP contribution in [0.2, 0.25) is 0 Å². The first kappa shape index (κ1) is 15.0. The molecule has 1 aliphatic carbocycles.